The lowest BCUT2D eigenvalue weighted by molar-refractivity contribution is 0.0904. The number of guanidine groups is 1. The topological polar surface area (TPSA) is 105 Å². The van der Waals surface area contributed by atoms with E-state index in [1.807, 2.05) is 39.3 Å². The van der Waals surface area contributed by atoms with Crippen LogP contribution in [-0.4, -0.2) is 89.5 Å². The molecule has 2 heterocycles. The SMILES string of the molecule is CCNC(=NCc1nnc(C)n1C)N1CCN(S(=O)(=O)CCOC(C)C)CC1.I. The minimum Gasteiger partial charge on any atom is -0.378 e. The second kappa shape index (κ2) is 12.0. The number of hydrogen-bond donors (Lipinski definition) is 1. The average Bonchev–Trinajstić information content (AvgIpc) is 2.97. The number of sulfonamides is 1. The molecular formula is C17H34IN7O3S. The van der Waals surface area contributed by atoms with Crippen molar-refractivity contribution in [1.29, 1.82) is 0 Å². The fourth-order valence-corrected chi connectivity index (χ4v) is 4.14. The number of aryl methyl sites for hydroxylation is 1. The van der Waals surface area contributed by atoms with Crippen molar-refractivity contribution in [2.75, 3.05) is 45.1 Å². The number of nitrogens with zero attached hydrogens (tertiary/aromatic N) is 6. The Kier molecular flexibility index (Phi) is 10.8. The molecule has 0 saturated carbocycles. The Balaban J connectivity index is 0.00000420. The molecule has 2 rings (SSSR count). The van der Waals surface area contributed by atoms with Crippen LogP contribution in [-0.2, 0) is 28.4 Å². The fraction of sp³-hybridized carbons (Fsp3) is 0.824. The Bertz CT molecular complexity index is 759. The van der Waals surface area contributed by atoms with Crippen LogP contribution in [0, 0.1) is 6.92 Å². The van der Waals surface area contributed by atoms with E-state index in [0.717, 1.165) is 24.2 Å². The highest BCUT2D eigenvalue weighted by Crippen LogP contribution is 2.10. The van der Waals surface area contributed by atoms with Crippen molar-refractivity contribution in [2.24, 2.45) is 12.0 Å². The number of piperazine rings is 1. The second-order valence-corrected chi connectivity index (χ2v) is 9.10. The third-order valence-corrected chi connectivity index (χ3v) is 6.45. The van der Waals surface area contributed by atoms with E-state index in [0.29, 0.717) is 32.7 Å². The summed E-state index contributed by atoms with van der Waals surface area (Å²) in [7, 11) is -1.38. The molecule has 1 aromatic heterocycles. The summed E-state index contributed by atoms with van der Waals surface area (Å²) in [5, 5.41) is 11.5. The molecule has 0 spiro atoms. The van der Waals surface area contributed by atoms with Crippen molar-refractivity contribution in [3.05, 3.63) is 11.6 Å². The Morgan fingerprint density at radius 3 is 2.41 bits per heavy atom. The van der Waals surface area contributed by atoms with Gasteiger partial charge in [0, 0.05) is 39.8 Å². The van der Waals surface area contributed by atoms with Gasteiger partial charge in [-0.1, -0.05) is 0 Å². The van der Waals surface area contributed by atoms with Crippen molar-refractivity contribution >= 4 is 40.0 Å². The highest BCUT2D eigenvalue weighted by molar-refractivity contribution is 14.0. The van der Waals surface area contributed by atoms with Crippen LogP contribution in [0.2, 0.25) is 0 Å². The van der Waals surface area contributed by atoms with Gasteiger partial charge in [-0.2, -0.15) is 4.31 Å². The van der Waals surface area contributed by atoms with Crippen LogP contribution in [0.5, 0.6) is 0 Å². The maximum absolute atomic E-state index is 12.5. The minimum atomic E-state index is -3.30. The summed E-state index contributed by atoms with van der Waals surface area (Å²) in [6, 6.07) is 0. The second-order valence-electron chi connectivity index (χ2n) is 7.01. The van der Waals surface area contributed by atoms with Gasteiger partial charge in [-0.25, -0.2) is 13.4 Å². The molecule has 29 heavy (non-hydrogen) atoms. The van der Waals surface area contributed by atoms with Gasteiger partial charge in [-0.15, -0.1) is 34.2 Å². The van der Waals surface area contributed by atoms with E-state index in [9.17, 15) is 8.42 Å². The number of hydrogen-bond acceptors (Lipinski definition) is 6. The van der Waals surface area contributed by atoms with Gasteiger partial charge >= 0.3 is 0 Å². The first-order chi connectivity index (χ1) is 13.2. The third kappa shape index (κ3) is 7.64. The van der Waals surface area contributed by atoms with Crippen LogP contribution in [0.1, 0.15) is 32.4 Å². The van der Waals surface area contributed by atoms with Gasteiger partial charge in [0.05, 0.1) is 18.5 Å². The lowest BCUT2D eigenvalue weighted by Crippen LogP contribution is -2.54. The first kappa shape index (κ1) is 26.0. The van der Waals surface area contributed by atoms with Gasteiger partial charge in [0.15, 0.2) is 11.8 Å². The average molecular weight is 543 g/mol. The zero-order valence-electron chi connectivity index (χ0n) is 18.0. The molecule has 0 unspecified atom stereocenters. The van der Waals surface area contributed by atoms with E-state index in [4.69, 9.17) is 4.74 Å². The van der Waals surface area contributed by atoms with Crippen LogP contribution in [0.3, 0.4) is 0 Å². The summed E-state index contributed by atoms with van der Waals surface area (Å²) in [4.78, 5) is 6.74. The van der Waals surface area contributed by atoms with Crippen LogP contribution < -0.4 is 5.32 Å². The summed E-state index contributed by atoms with van der Waals surface area (Å²) in [6.07, 6.45) is 0.0311. The maximum atomic E-state index is 12.5. The molecule has 10 nitrogen and oxygen atoms in total. The highest BCUT2D eigenvalue weighted by Gasteiger charge is 2.28. The van der Waals surface area contributed by atoms with Gasteiger partial charge in [0.2, 0.25) is 10.0 Å². The molecule has 0 aliphatic carbocycles. The van der Waals surface area contributed by atoms with Crippen molar-refractivity contribution in [3.8, 4) is 0 Å². The summed E-state index contributed by atoms with van der Waals surface area (Å²) in [6.45, 7) is 11.2. The third-order valence-electron chi connectivity index (χ3n) is 4.61. The largest absolute Gasteiger partial charge is 0.378 e. The minimum absolute atomic E-state index is 0. The van der Waals surface area contributed by atoms with Crippen LogP contribution in [0.15, 0.2) is 4.99 Å². The normalized spacial score (nSPS) is 16.2. The first-order valence-corrected chi connectivity index (χ1v) is 11.3. The maximum Gasteiger partial charge on any atom is 0.216 e. The number of ether oxygens (including phenoxy) is 1. The van der Waals surface area contributed by atoms with E-state index in [1.165, 1.54) is 0 Å². The number of aromatic nitrogens is 3. The number of rotatable bonds is 8. The number of nitrogens with one attached hydrogen (secondary N) is 1. The molecule has 0 aromatic carbocycles. The van der Waals surface area contributed by atoms with Crippen molar-refractivity contribution < 1.29 is 13.2 Å². The molecule has 1 N–H and O–H groups in total. The fourth-order valence-electron chi connectivity index (χ4n) is 2.86. The monoisotopic (exact) mass is 543 g/mol. The quantitative estimate of drug-likeness (QED) is 0.291. The number of aliphatic imine (C=N–C) groups is 1. The molecule has 0 radical (unpaired) electrons. The molecule has 1 fully saturated rings. The van der Waals surface area contributed by atoms with Crippen LogP contribution >= 0.6 is 24.0 Å². The van der Waals surface area contributed by atoms with E-state index < -0.39 is 10.0 Å². The van der Waals surface area contributed by atoms with Crippen molar-refractivity contribution in [1.82, 2.24) is 29.3 Å². The molecule has 1 aliphatic heterocycles. The molecule has 1 aliphatic rings. The summed E-state index contributed by atoms with van der Waals surface area (Å²) in [5.41, 5.74) is 0. The predicted molar refractivity (Wildman–Crippen MR) is 124 cm³/mol. The van der Waals surface area contributed by atoms with Gasteiger partial charge in [-0.3, -0.25) is 0 Å². The molecule has 0 atom stereocenters. The zero-order valence-corrected chi connectivity index (χ0v) is 21.1. The molecular weight excluding hydrogens is 509 g/mol. The van der Waals surface area contributed by atoms with Crippen LogP contribution in [0.4, 0.5) is 0 Å². The number of halogens is 1. The van der Waals surface area contributed by atoms with E-state index in [2.05, 4.69) is 25.4 Å². The summed E-state index contributed by atoms with van der Waals surface area (Å²) in [5.74, 6) is 2.42. The Labute approximate surface area is 191 Å². The standard InChI is InChI=1S/C17H33N7O3S.HI/c1-6-18-17(19-13-16-21-20-15(4)22(16)5)23-7-9-24(10-8-23)28(25,26)12-11-27-14(2)3;/h14H,6-13H2,1-5H3,(H,18,19);1H. The van der Waals surface area contributed by atoms with Gasteiger partial charge in [-0.05, 0) is 27.7 Å². The molecule has 12 heteroatoms. The first-order valence-electron chi connectivity index (χ1n) is 9.72. The Morgan fingerprint density at radius 2 is 1.90 bits per heavy atom. The van der Waals surface area contributed by atoms with Crippen molar-refractivity contribution in [3.63, 3.8) is 0 Å². The van der Waals surface area contributed by atoms with E-state index >= 15 is 0 Å². The van der Waals surface area contributed by atoms with Gasteiger partial charge < -0.3 is 19.5 Å². The lowest BCUT2D eigenvalue weighted by Gasteiger charge is -2.35. The molecule has 168 valence electrons. The molecule has 1 saturated heterocycles. The molecule has 1 aromatic rings. The zero-order chi connectivity index (χ0) is 20.7. The molecule has 0 bridgehead atoms. The Hall–Kier alpha value is -0.990. The lowest BCUT2D eigenvalue weighted by atomic mass is 10.4. The van der Waals surface area contributed by atoms with E-state index in [-0.39, 0.29) is 42.4 Å². The van der Waals surface area contributed by atoms with Crippen molar-refractivity contribution in [2.45, 2.75) is 40.3 Å². The Morgan fingerprint density at radius 1 is 1.24 bits per heavy atom. The predicted octanol–water partition coefficient (Wildman–Crippen LogP) is 0.579. The highest BCUT2D eigenvalue weighted by atomic mass is 127. The van der Waals surface area contributed by atoms with Gasteiger partial charge in [0.1, 0.15) is 12.4 Å². The summed E-state index contributed by atoms with van der Waals surface area (Å²) >= 11 is 0. The van der Waals surface area contributed by atoms with Crippen LogP contribution in [0.25, 0.3) is 0 Å². The van der Waals surface area contributed by atoms with E-state index in [1.54, 1.807) is 4.31 Å². The van der Waals surface area contributed by atoms with Gasteiger partial charge in [0.25, 0.3) is 0 Å². The smallest absolute Gasteiger partial charge is 0.216 e. The molecule has 0 amide bonds. The summed E-state index contributed by atoms with van der Waals surface area (Å²) < 4.78 is 33.8.